The van der Waals surface area contributed by atoms with Crippen LogP contribution in [-0.4, -0.2) is 23.0 Å². The average Bonchev–Trinajstić information content (AvgIpc) is 2.88. The highest BCUT2D eigenvalue weighted by Gasteiger charge is 2.17. The van der Waals surface area contributed by atoms with Crippen LogP contribution in [0.5, 0.6) is 5.75 Å². The van der Waals surface area contributed by atoms with Crippen molar-refractivity contribution < 1.29 is 9.53 Å². The molecule has 4 aromatic rings. The Bertz CT molecular complexity index is 1310. The van der Waals surface area contributed by atoms with Crippen molar-refractivity contribution in [2.24, 2.45) is 0 Å². The smallest absolute Gasteiger partial charge is 0.318 e. The van der Waals surface area contributed by atoms with Crippen LogP contribution >= 0.6 is 0 Å². The number of urea groups is 1. The lowest BCUT2D eigenvalue weighted by Crippen LogP contribution is -2.39. The summed E-state index contributed by atoms with van der Waals surface area (Å²) in [4.78, 5) is 30.6. The molecule has 0 aliphatic heterocycles. The highest BCUT2D eigenvalue weighted by Crippen LogP contribution is 2.17. The van der Waals surface area contributed by atoms with Crippen LogP contribution in [0.4, 0.5) is 4.79 Å². The van der Waals surface area contributed by atoms with Gasteiger partial charge in [0.1, 0.15) is 5.75 Å². The zero-order valence-electron chi connectivity index (χ0n) is 19.5. The van der Waals surface area contributed by atoms with Gasteiger partial charge in [0.05, 0.1) is 13.7 Å². The predicted molar refractivity (Wildman–Crippen MR) is 135 cm³/mol. The lowest BCUT2D eigenvalue weighted by molar-refractivity contribution is 0.191. The van der Waals surface area contributed by atoms with E-state index in [-0.39, 0.29) is 18.1 Å². The number of pyridine rings is 1. The number of aromatic amines is 1. The third-order valence-corrected chi connectivity index (χ3v) is 5.86. The van der Waals surface area contributed by atoms with Gasteiger partial charge in [-0.1, -0.05) is 55.5 Å². The van der Waals surface area contributed by atoms with Crippen molar-refractivity contribution >= 4 is 16.9 Å². The van der Waals surface area contributed by atoms with Crippen LogP contribution in [0.1, 0.15) is 29.2 Å². The minimum atomic E-state index is -0.235. The molecule has 174 valence electrons. The number of H-pyrrole nitrogens is 1. The van der Waals surface area contributed by atoms with Gasteiger partial charge in [0, 0.05) is 24.2 Å². The first kappa shape index (κ1) is 23.1. The number of nitrogens with one attached hydrogen (secondary N) is 2. The Hall–Kier alpha value is -4.06. The minimum absolute atomic E-state index is 0.188. The summed E-state index contributed by atoms with van der Waals surface area (Å²) in [5.41, 5.74) is 4.30. The van der Waals surface area contributed by atoms with E-state index < -0.39 is 0 Å². The van der Waals surface area contributed by atoms with Crippen molar-refractivity contribution in [1.82, 2.24) is 15.2 Å². The normalized spacial score (nSPS) is 10.8. The van der Waals surface area contributed by atoms with Crippen molar-refractivity contribution in [3.05, 3.63) is 111 Å². The molecule has 0 aliphatic carbocycles. The Balaban J connectivity index is 1.60. The van der Waals surface area contributed by atoms with E-state index >= 15 is 0 Å². The fraction of sp³-hybridized carbons (Fsp3) is 0.214. The van der Waals surface area contributed by atoms with E-state index in [1.165, 1.54) is 5.56 Å². The second kappa shape index (κ2) is 10.7. The molecule has 0 saturated carbocycles. The Kier molecular flexibility index (Phi) is 7.28. The Labute approximate surface area is 199 Å². The van der Waals surface area contributed by atoms with Crippen molar-refractivity contribution in [3.63, 3.8) is 0 Å². The lowest BCUT2D eigenvalue weighted by Gasteiger charge is -2.23. The molecule has 0 fully saturated rings. The molecule has 0 aliphatic rings. The number of aryl methyl sites for hydroxylation is 1. The summed E-state index contributed by atoms with van der Waals surface area (Å²) in [6.07, 6.45) is 0.913. The number of hydrogen-bond acceptors (Lipinski definition) is 3. The summed E-state index contributed by atoms with van der Waals surface area (Å²) in [7, 11) is 1.62. The van der Waals surface area contributed by atoms with E-state index in [1.54, 1.807) is 12.0 Å². The van der Waals surface area contributed by atoms with E-state index in [2.05, 4.69) is 23.3 Å². The van der Waals surface area contributed by atoms with E-state index in [9.17, 15) is 9.59 Å². The molecule has 34 heavy (non-hydrogen) atoms. The Morgan fingerprint density at radius 3 is 2.35 bits per heavy atom. The molecular formula is C28H29N3O3. The second-order valence-electron chi connectivity index (χ2n) is 8.25. The fourth-order valence-electron chi connectivity index (χ4n) is 3.88. The highest BCUT2D eigenvalue weighted by molar-refractivity contribution is 5.80. The molecule has 4 rings (SSSR count). The Morgan fingerprint density at radius 1 is 0.912 bits per heavy atom. The maximum absolute atomic E-state index is 13.2. The fourth-order valence-corrected chi connectivity index (χ4v) is 3.88. The summed E-state index contributed by atoms with van der Waals surface area (Å²) in [6, 6.07) is 25.0. The van der Waals surface area contributed by atoms with Crippen molar-refractivity contribution in [2.45, 2.75) is 33.0 Å². The number of nitrogens with zero attached hydrogens (tertiary/aromatic N) is 1. The van der Waals surface area contributed by atoms with Crippen LogP contribution in [0, 0.1) is 0 Å². The van der Waals surface area contributed by atoms with Gasteiger partial charge in [-0.05, 0) is 58.8 Å². The summed E-state index contributed by atoms with van der Waals surface area (Å²) in [5, 5.41) is 3.95. The standard InChI is InChI=1S/C28H29N3O3/c1-3-20-11-14-26-23(15-20)16-24(27(32)30-26)19-31(18-22-9-12-25(34-2)13-10-22)28(33)29-17-21-7-5-4-6-8-21/h4-16H,3,17-19H2,1-2H3,(H,29,33)(H,30,32). The number of carbonyl (C=O) groups is 1. The van der Waals surface area contributed by atoms with Gasteiger partial charge in [-0.2, -0.15) is 0 Å². The number of benzene rings is 3. The van der Waals surface area contributed by atoms with Gasteiger partial charge in [0.15, 0.2) is 0 Å². The largest absolute Gasteiger partial charge is 0.497 e. The summed E-state index contributed by atoms with van der Waals surface area (Å²) in [5.74, 6) is 0.751. The van der Waals surface area contributed by atoms with Crippen LogP contribution in [0.15, 0.2) is 83.7 Å². The number of fused-ring (bicyclic) bond motifs is 1. The first-order valence-electron chi connectivity index (χ1n) is 11.4. The van der Waals surface area contributed by atoms with Gasteiger partial charge in [0.25, 0.3) is 5.56 Å². The zero-order valence-corrected chi connectivity index (χ0v) is 19.5. The van der Waals surface area contributed by atoms with Gasteiger partial charge < -0.3 is 19.9 Å². The molecule has 0 spiro atoms. The maximum atomic E-state index is 13.2. The van der Waals surface area contributed by atoms with Gasteiger partial charge in [-0.25, -0.2) is 4.79 Å². The first-order valence-corrected chi connectivity index (χ1v) is 11.4. The van der Waals surface area contributed by atoms with Crippen LogP contribution in [0.25, 0.3) is 10.9 Å². The summed E-state index contributed by atoms with van der Waals surface area (Å²) in [6.45, 7) is 3.06. The van der Waals surface area contributed by atoms with Crippen molar-refractivity contribution in [3.8, 4) is 5.75 Å². The van der Waals surface area contributed by atoms with Crippen LogP contribution in [-0.2, 0) is 26.1 Å². The van der Waals surface area contributed by atoms with Gasteiger partial charge >= 0.3 is 6.03 Å². The third-order valence-electron chi connectivity index (χ3n) is 5.86. The van der Waals surface area contributed by atoms with Gasteiger partial charge in [-0.15, -0.1) is 0 Å². The monoisotopic (exact) mass is 455 g/mol. The maximum Gasteiger partial charge on any atom is 0.318 e. The number of carbonyl (C=O) groups excluding carboxylic acids is 1. The predicted octanol–water partition coefficient (Wildman–Crippen LogP) is 5.01. The number of rotatable bonds is 8. The van der Waals surface area contributed by atoms with E-state index in [1.807, 2.05) is 72.8 Å². The molecule has 2 amide bonds. The van der Waals surface area contributed by atoms with E-state index in [0.717, 1.165) is 34.2 Å². The molecule has 0 unspecified atom stereocenters. The SMILES string of the molecule is CCc1ccc2[nH]c(=O)c(CN(Cc3ccc(OC)cc3)C(=O)NCc3ccccc3)cc2c1. The average molecular weight is 456 g/mol. The molecule has 3 aromatic carbocycles. The highest BCUT2D eigenvalue weighted by atomic mass is 16.5. The minimum Gasteiger partial charge on any atom is -0.497 e. The number of aromatic nitrogens is 1. The molecule has 6 heteroatoms. The van der Waals surface area contributed by atoms with E-state index in [0.29, 0.717) is 18.7 Å². The summed E-state index contributed by atoms with van der Waals surface area (Å²) >= 11 is 0. The van der Waals surface area contributed by atoms with E-state index in [4.69, 9.17) is 4.74 Å². The quantitative estimate of drug-likeness (QED) is 0.392. The molecule has 0 atom stereocenters. The second-order valence-corrected chi connectivity index (χ2v) is 8.25. The molecule has 2 N–H and O–H groups in total. The summed E-state index contributed by atoms with van der Waals surface area (Å²) < 4.78 is 5.24. The molecule has 6 nitrogen and oxygen atoms in total. The van der Waals surface area contributed by atoms with Crippen molar-refractivity contribution in [2.75, 3.05) is 7.11 Å². The topological polar surface area (TPSA) is 74.4 Å². The molecule has 1 aromatic heterocycles. The number of ether oxygens (including phenoxy) is 1. The number of amides is 2. The van der Waals surface area contributed by atoms with Crippen LogP contribution < -0.4 is 15.6 Å². The van der Waals surface area contributed by atoms with Crippen molar-refractivity contribution in [1.29, 1.82) is 0 Å². The number of methoxy groups -OCH3 is 1. The molecule has 0 bridgehead atoms. The molecule has 1 heterocycles. The Morgan fingerprint density at radius 2 is 1.65 bits per heavy atom. The van der Waals surface area contributed by atoms with Gasteiger partial charge in [0.2, 0.25) is 0 Å². The number of hydrogen-bond donors (Lipinski definition) is 2. The molecular weight excluding hydrogens is 426 g/mol. The van der Waals surface area contributed by atoms with Crippen LogP contribution in [0.3, 0.4) is 0 Å². The molecule has 0 radical (unpaired) electrons. The zero-order chi connectivity index (χ0) is 23.9. The first-order chi connectivity index (χ1) is 16.6. The van der Waals surface area contributed by atoms with Gasteiger partial charge in [-0.3, -0.25) is 4.79 Å². The molecule has 0 saturated heterocycles. The third kappa shape index (κ3) is 5.64. The van der Waals surface area contributed by atoms with Crippen LogP contribution in [0.2, 0.25) is 0 Å². The lowest BCUT2D eigenvalue weighted by atomic mass is 10.1.